The lowest BCUT2D eigenvalue weighted by Crippen LogP contribution is -2.40. The molecule has 10 heteroatoms. The lowest BCUT2D eigenvalue weighted by atomic mass is 10.1. The molecule has 0 saturated heterocycles. The molecular weight excluding hydrogens is 482 g/mol. The van der Waals surface area contributed by atoms with E-state index >= 15 is 0 Å². The maximum atomic E-state index is 12.8. The van der Waals surface area contributed by atoms with Crippen molar-refractivity contribution in [3.05, 3.63) is 95.1 Å². The number of nitrogens with zero attached hydrogens (tertiary/aromatic N) is 1. The van der Waals surface area contributed by atoms with E-state index in [2.05, 4.69) is 10.9 Å². The van der Waals surface area contributed by atoms with Crippen LogP contribution in [0.4, 0.5) is 0 Å². The van der Waals surface area contributed by atoms with Gasteiger partial charge in [0.25, 0.3) is 11.8 Å². The van der Waals surface area contributed by atoms with E-state index < -0.39 is 21.8 Å². The van der Waals surface area contributed by atoms with E-state index in [-0.39, 0.29) is 18.2 Å². The summed E-state index contributed by atoms with van der Waals surface area (Å²) in [4.78, 5) is 24.6. The molecule has 0 fully saturated rings. The van der Waals surface area contributed by atoms with E-state index in [1.54, 1.807) is 72.8 Å². The van der Waals surface area contributed by atoms with E-state index in [0.29, 0.717) is 22.6 Å². The fourth-order valence-corrected chi connectivity index (χ4v) is 4.57. The van der Waals surface area contributed by atoms with Crippen LogP contribution < -0.4 is 20.3 Å². The topological polar surface area (TPSA) is 114 Å². The fourth-order valence-electron chi connectivity index (χ4n) is 3.41. The molecule has 1 heterocycles. The summed E-state index contributed by atoms with van der Waals surface area (Å²) in [6.07, 6.45) is 2.87. The highest BCUT2D eigenvalue weighted by Crippen LogP contribution is 2.32. The number of ether oxygens (including phenoxy) is 2. The molecule has 3 aromatic rings. The number of rotatable bonds is 7. The highest BCUT2D eigenvalue weighted by molar-refractivity contribution is 7.89. The maximum Gasteiger partial charge on any atom is 0.269 e. The van der Waals surface area contributed by atoms with Crippen LogP contribution in [-0.4, -0.2) is 38.4 Å². The third-order valence-electron chi connectivity index (χ3n) is 5.47. The normalized spacial score (nSPS) is 12.6. The first kappa shape index (κ1) is 25.0. The van der Waals surface area contributed by atoms with Gasteiger partial charge >= 0.3 is 0 Å². The smallest absolute Gasteiger partial charge is 0.269 e. The van der Waals surface area contributed by atoms with Crippen LogP contribution in [0.1, 0.15) is 27.0 Å². The molecule has 0 bridgehead atoms. The molecule has 186 valence electrons. The van der Waals surface area contributed by atoms with Gasteiger partial charge in [-0.1, -0.05) is 35.9 Å². The van der Waals surface area contributed by atoms with Crippen LogP contribution in [0.5, 0.6) is 11.5 Å². The molecule has 0 radical (unpaired) electrons. The number of amides is 2. The molecule has 3 aromatic carbocycles. The lowest BCUT2D eigenvalue weighted by Gasteiger charge is -2.17. The van der Waals surface area contributed by atoms with E-state index in [1.807, 2.05) is 6.92 Å². The van der Waals surface area contributed by atoms with Crippen LogP contribution in [0.25, 0.3) is 6.08 Å². The van der Waals surface area contributed by atoms with Gasteiger partial charge in [-0.05, 0) is 60.5 Å². The zero-order valence-corrected chi connectivity index (χ0v) is 20.5. The molecule has 1 aliphatic heterocycles. The van der Waals surface area contributed by atoms with Gasteiger partial charge in [-0.2, -0.15) is 4.31 Å². The Balaban J connectivity index is 1.29. The molecule has 0 atom stereocenters. The van der Waals surface area contributed by atoms with Gasteiger partial charge in [0.1, 0.15) is 0 Å². The minimum atomic E-state index is -3.64. The van der Waals surface area contributed by atoms with Crippen molar-refractivity contribution in [1.82, 2.24) is 15.2 Å². The average molecular weight is 508 g/mol. The van der Waals surface area contributed by atoms with Crippen LogP contribution in [0.15, 0.2) is 77.7 Å². The summed E-state index contributed by atoms with van der Waals surface area (Å²) in [6, 6.07) is 18.4. The van der Waals surface area contributed by atoms with Crippen molar-refractivity contribution in [3.8, 4) is 11.5 Å². The molecule has 4 rings (SSSR count). The van der Waals surface area contributed by atoms with Gasteiger partial charge in [-0.15, -0.1) is 0 Å². The Kier molecular flexibility index (Phi) is 7.37. The number of carbonyl (C=O) groups excluding carboxylic acids is 2. The molecule has 0 unspecified atom stereocenters. The van der Waals surface area contributed by atoms with Crippen LogP contribution >= 0.6 is 0 Å². The van der Waals surface area contributed by atoms with Crippen molar-refractivity contribution in [2.75, 3.05) is 13.8 Å². The van der Waals surface area contributed by atoms with Crippen LogP contribution in [0, 0.1) is 6.92 Å². The number of carbonyl (C=O) groups is 2. The minimum absolute atomic E-state index is 0.138. The first-order valence-corrected chi connectivity index (χ1v) is 12.5. The van der Waals surface area contributed by atoms with Gasteiger partial charge in [-0.25, -0.2) is 8.42 Å². The van der Waals surface area contributed by atoms with Gasteiger partial charge < -0.3 is 9.47 Å². The summed E-state index contributed by atoms with van der Waals surface area (Å²) in [5.41, 5.74) is 7.40. The summed E-state index contributed by atoms with van der Waals surface area (Å²) >= 11 is 0. The molecule has 0 saturated carbocycles. The standard InChI is InChI=1S/C26H25N3O6S/c1-18-3-11-22(12-4-18)36(32,33)29(2)16-20-5-9-21(10-6-20)26(31)28-27-25(30)14-8-19-7-13-23-24(15-19)35-17-34-23/h3-15H,16-17H2,1-2H3,(H,27,30)(H,28,31). The van der Waals surface area contributed by atoms with Crippen LogP contribution in [0.2, 0.25) is 0 Å². The number of fused-ring (bicyclic) bond motifs is 1. The van der Waals surface area contributed by atoms with Gasteiger partial charge in [0.15, 0.2) is 11.5 Å². The molecule has 9 nitrogen and oxygen atoms in total. The Morgan fingerprint density at radius 1 is 0.944 bits per heavy atom. The second-order valence-electron chi connectivity index (χ2n) is 8.16. The maximum absolute atomic E-state index is 12.8. The van der Waals surface area contributed by atoms with Crippen molar-refractivity contribution >= 4 is 27.9 Å². The van der Waals surface area contributed by atoms with E-state index in [9.17, 15) is 18.0 Å². The summed E-state index contributed by atoms with van der Waals surface area (Å²) in [7, 11) is -2.14. The van der Waals surface area contributed by atoms with Gasteiger partial charge in [0.2, 0.25) is 16.8 Å². The molecular formula is C26H25N3O6S. The van der Waals surface area contributed by atoms with Crippen LogP contribution in [-0.2, 0) is 21.4 Å². The third-order valence-corrected chi connectivity index (χ3v) is 7.29. The average Bonchev–Trinajstić information content (AvgIpc) is 3.34. The molecule has 36 heavy (non-hydrogen) atoms. The molecule has 1 aliphatic rings. The third kappa shape index (κ3) is 5.91. The Hall–Kier alpha value is -4.15. The number of hydrogen-bond donors (Lipinski definition) is 2. The molecule has 2 amide bonds. The van der Waals surface area contributed by atoms with Gasteiger partial charge in [-0.3, -0.25) is 20.4 Å². The Morgan fingerprint density at radius 3 is 2.36 bits per heavy atom. The predicted molar refractivity (Wildman–Crippen MR) is 133 cm³/mol. The highest BCUT2D eigenvalue weighted by atomic mass is 32.2. The Morgan fingerprint density at radius 2 is 1.64 bits per heavy atom. The van der Waals surface area contributed by atoms with Crippen molar-refractivity contribution in [2.45, 2.75) is 18.4 Å². The molecule has 0 spiro atoms. The van der Waals surface area contributed by atoms with Crippen molar-refractivity contribution in [1.29, 1.82) is 0 Å². The zero-order valence-electron chi connectivity index (χ0n) is 19.7. The number of benzene rings is 3. The predicted octanol–water partition coefficient (Wildman–Crippen LogP) is 3.02. The Labute approximate surface area is 209 Å². The summed E-state index contributed by atoms with van der Waals surface area (Å²) in [5, 5.41) is 0. The van der Waals surface area contributed by atoms with E-state index in [0.717, 1.165) is 11.1 Å². The largest absolute Gasteiger partial charge is 0.454 e. The monoisotopic (exact) mass is 507 g/mol. The first-order chi connectivity index (χ1) is 17.2. The second-order valence-corrected chi connectivity index (χ2v) is 10.2. The van der Waals surface area contributed by atoms with Crippen LogP contribution in [0.3, 0.4) is 0 Å². The summed E-state index contributed by atoms with van der Waals surface area (Å²) in [6.45, 7) is 2.19. The van der Waals surface area contributed by atoms with Crippen molar-refractivity contribution < 1.29 is 27.5 Å². The SMILES string of the molecule is Cc1ccc(S(=O)(=O)N(C)Cc2ccc(C(=O)NNC(=O)C=Cc3ccc4c(c3)OCO4)cc2)cc1. The van der Waals surface area contributed by atoms with Crippen molar-refractivity contribution in [2.24, 2.45) is 0 Å². The molecule has 0 aliphatic carbocycles. The lowest BCUT2D eigenvalue weighted by molar-refractivity contribution is -0.117. The second kappa shape index (κ2) is 10.6. The highest BCUT2D eigenvalue weighted by Gasteiger charge is 2.21. The number of aryl methyl sites for hydroxylation is 1. The van der Waals surface area contributed by atoms with E-state index in [1.165, 1.54) is 17.4 Å². The number of sulfonamides is 1. The fraction of sp³-hybridized carbons (Fsp3) is 0.154. The number of hydrazine groups is 1. The number of hydrogen-bond acceptors (Lipinski definition) is 6. The zero-order chi connectivity index (χ0) is 25.7. The number of nitrogens with one attached hydrogen (secondary N) is 2. The minimum Gasteiger partial charge on any atom is -0.454 e. The summed E-state index contributed by atoms with van der Waals surface area (Å²) in [5.74, 6) is 0.232. The molecule has 2 N–H and O–H groups in total. The molecule has 0 aromatic heterocycles. The Bertz CT molecular complexity index is 1400. The van der Waals surface area contributed by atoms with Gasteiger partial charge in [0, 0.05) is 25.2 Å². The van der Waals surface area contributed by atoms with Gasteiger partial charge in [0.05, 0.1) is 4.90 Å². The van der Waals surface area contributed by atoms with Crippen molar-refractivity contribution in [3.63, 3.8) is 0 Å². The quantitative estimate of drug-likeness (QED) is 0.375. The van der Waals surface area contributed by atoms with E-state index in [4.69, 9.17) is 9.47 Å². The first-order valence-electron chi connectivity index (χ1n) is 11.0. The summed E-state index contributed by atoms with van der Waals surface area (Å²) < 4.78 is 37.3.